The molecular weight excluding hydrogens is 204 g/mol. The van der Waals surface area contributed by atoms with E-state index in [2.05, 4.69) is 28.0 Å². The van der Waals surface area contributed by atoms with E-state index in [1.54, 1.807) is 0 Å². The SMILES string of the molecule is C=C(C#N)C(=O)OOOC(=O)C(=C)C#N. The summed E-state index contributed by atoms with van der Waals surface area (Å²) in [5.74, 6) is -2.43. The molecule has 15 heavy (non-hydrogen) atoms. The Kier molecular flexibility index (Phi) is 4.87. The van der Waals surface area contributed by atoms with Gasteiger partial charge in [-0.1, -0.05) is 13.2 Å². The molecule has 0 bridgehead atoms. The van der Waals surface area contributed by atoms with Gasteiger partial charge in [0.05, 0.1) is 0 Å². The van der Waals surface area contributed by atoms with Crippen LogP contribution >= 0.6 is 0 Å². The van der Waals surface area contributed by atoms with Crippen LogP contribution in [0.5, 0.6) is 0 Å². The molecule has 0 saturated heterocycles. The molecule has 7 nitrogen and oxygen atoms in total. The molecule has 0 aliphatic heterocycles. The first kappa shape index (κ1) is 12.4. The van der Waals surface area contributed by atoms with Crippen molar-refractivity contribution in [1.82, 2.24) is 0 Å². The van der Waals surface area contributed by atoms with Crippen molar-refractivity contribution in [2.24, 2.45) is 0 Å². The van der Waals surface area contributed by atoms with Gasteiger partial charge in [-0.3, -0.25) is 9.78 Å². The van der Waals surface area contributed by atoms with E-state index >= 15 is 0 Å². The van der Waals surface area contributed by atoms with Crippen molar-refractivity contribution in [3.8, 4) is 12.1 Å². The van der Waals surface area contributed by atoms with Gasteiger partial charge in [0.1, 0.15) is 23.3 Å². The van der Waals surface area contributed by atoms with Crippen molar-refractivity contribution in [3.05, 3.63) is 24.3 Å². The molecule has 0 unspecified atom stereocenters. The quantitative estimate of drug-likeness (QED) is 0.278. The zero-order valence-corrected chi connectivity index (χ0v) is 7.35. The van der Waals surface area contributed by atoms with Gasteiger partial charge in [-0.15, -0.1) is 0 Å². The molecule has 0 aromatic heterocycles. The number of carbonyl (C=O) groups is 2. The molecule has 0 atom stereocenters. The Balaban J connectivity index is 3.93. The van der Waals surface area contributed by atoms with Gasteiger partial charge in [-0.2, -0.15) is 10.5 Å². The minimum atomic E-state index is -1.21. The van der Waals surface area contributed by atoms with E-state index < -0.39 is 23.1 Å². The largest absolute Gasteiger partial charge is 0.387 e. The summed E-state index contributed by atoms with van der Waals surface area (Å²) in [6, 6.07) is 2.75. The fourth-order valence-corrected chi connectivity index (χ4v) is 0.271. The van der Waals surface area contributed by atoms with Crippen molar-refractivity contribution >= 4 is 11.9 Å². The first-order chi connectivity index (χ1) is 7.02. The van der Waals surface area contributed by atoms with Crippen LogP contribution in [0.15, 0.2) is 24.3 Å². The highest BCUT2D eigenvalue weighted by molar-refractivity contribution is 5.92. The third-order valence-corrected chi connectivity index (χ3v) is 0.982. The Labute approximate surface area is 84.2 Å². The van der Waals surface area contributed by atoms with E-state index in [1.807, 2.05) is 0 Å². The average Bonchev–Trinajstić information content (AvgIpc) is 2.26. The lowest BCUT2D eigenvalue weighted by Crippen LogP contribution is -2.11. The summed E-state index contributed by atoms with van der Waals surface area (Å²) >= 11 is 0. The molecule has 7 heteroatoms. The van der Waals surface area contributed by atoms with Crippen molar-refractivity contribution in [2.45, 2.75) is 0 Å². The Morgan fingerprint density at radius 3 is 1.53 bits per heavy atom. The van der Waals surface area contributed by atoms with Gasteiger partial charge in [0.25, 0.3) is 0 Å². The van der Waals surface area contributed by atoms with Crippen LogP contribution in [0, 0.1) is 22.7 Å². The van der Waals surface area contributed by atoms with Crippen molar-refractivity contribution in [3.63, 3.8) is 0 Å². The zero-order valence-electron chi connectivity index (χ0n) is 7.35. The molecule has 0 fully saturated rings. The molecule has 0 aromatic rings. The second-order valence-corrected chi connectivity index (χ2v) is 1.99. The van der Waals surface area contributed by atoms with Crippen LogP contribution in [-0.2, 0) is 24.4 Å². The van der Waals surface area contributed by atoms with Crippen LogP contribution in [0.3, 0.4) is 0 Å². The molecule has 0 radical (unpaired) electrons. The lowest BCUT2D eigenvalue weighted by atomic mass is 10.4. The van der Waals surface area contributed by atoms with Gasteiger partial charge in [0.2, 0.25) is 0 Å². The standard InChI is InChI=1S/C8H4N2O5/c1-5(3-9)7(11)13-15-14-8(12)6(2)4-10/h1-2H2. The van der Waals surface area contributed by atoms with Crippen LogP contribution in [-0.4, -0.2) is 11.9 Å². The van der Waals surface area contributed by atoms with E-state index in [-0.39, 0.29) is 0 Å². The lowest BCUT2D eigenvalue weighted by Gasteiger charge is -1.98. The van der Waals surface area contributed by atoms with Crippen LogP contribution < -0.4 is 0 Å². The van der Waals surface area contributed by atoms with Gasteiger partial charge in [0, 0.05) is 5.04 Å². The summed E-state index contributed by atoms with van der Waals surface area (Å²) in [6.07, 6.45) is 0. The maximum absolute atomic E-state index is 10.6. The fourth-order valence-electron chi connectivity index (χ4n) is 0.271. The van der Waals surface area contributed by atoms with Crippen LogP contribution in [0.2, 0.25) is 0 Å². The first-order valence-corrected chi connectivity index (χ1v) is 3.30. The normalized spacial score (nSPS) is 7.87. The van der Waals surface area contributed by atoms with Gasteiger partial charge >= 0.3 is 11.9 Å². The summed E-state index contributed by atoms with van der Waals surface area (Å²) in [4.78, 5) is 28.9. The smallest absolute Gasteiger partial charge is 0.253 e. The zero-order chi connectivity index (χ0) is 11.8. The highest BCUT2D eigenvalue weighted by Gasteiger charge is 2.13. The molecule has 0 N–H and O–H groups in total. The Hall–Kier alpha value is -2.64. The Morgan fingerprint density at radius 2 is 1.27 bits per heavy atom. The summed E-state index contributed by atoms with van der Waals surface area (Å²) in [5.41, 5.74) is -1.07. The summed E-state index contributed by atoms with van der Waals surface area (Å²) < 4.78 is 0. The van der Waals surface area contributed by atoms with Gasteiger partial charge < -0.3 is 0 Å². The van der Waals surface area contributed by atoms with Crippen molar-refractivity contribution < 1.29 is 24.4 Å². The monoisotopic (exact) mass is 208 g/mol. The second kappa shape index (κ2) is 5.91. The Bertz CT molecular complexity index is 360. The lowest BCUT2D eigenvalue weighted by molar-refractivity contribution is -0.456. The fraction of sp³-hybridized carbons (Fsp3) is 0. The molecule has 76 valence electrons. The molecule has 0 aromatic carbocycles. The molecule has 0 amide bonds. The number of carbonyl (C=O) groups excluding carboxylic acids is 2. The third-order valence-electron chi connectivity index (χ3n) is 0.982. The number of hydrogen-bond acceptors (Lipinski definition) is 7. The molecule has 0 aliphatic rings. The molecule has 0 saturated carbocycles. The third kappa shape index (κ3) is 4.22. The predicted molar refractivity (Wildman–Crippen MR) is 42.8 cm³/mol. The minimum Gasteiger partial charge on any atom is -0.253 e. The van der Waals surface area contributed by atoms with E-state index in [9.17, 15) is 9.59 Å². The van der Waals surface area contributed by atoms with Crippen LogP contribution in [0.1, 0.15) is 0 Å². The van der Waals surface area contributed by atoms with Crippen LogP contribution in [0.4, 0.5) is 0 Å². The highest BCUT2D eigenvalue weighted by atomic mass is 17.5. The average molecular weight is 208 g/mol. The van der Waals surface area contributed by atoms with Crippen LogP contribution in [0.25, 0.3) is 0 Å². The minimum absolute atomic E-state index is 0.537. The molecule has 0 rings (SSSR count). The summed E-state index contributed by atoms with van der Waals surface area (Å²) in [6.45, 7) is 5.99. The molecule has 0 spiro atoms. The predicted octanol–water partition coefficient (Wildman–Crippen LogP) is 0.0790. The Morgan fingerprint density at radius 1 is 0.933 bits per heavy atom. The summed E-state index contributed by atoms with van der Waals surface area (Å²) in [5, 5.41) is 20.0. The van der Waals surface area contributed by atoms with Crippen molar-refractivity contribution in [1.29, 1.82) is 10.5 Å². The second-order valence-electron chi connectivity index (χ2n) is 1.99. The number of hydrogen-bond donors (Lipinski definition) is 0. The maximum atomic E-state index is 10.6. The number of nitrogens with zero attached hydrogens (tertiary/aromatic N) is 2. The van der Waals surface area contributed by atoms with E-state index in [4.69, 9.17) is 10.5 Å². The maximum Gasteiger partial charge on any atom is 0.387 e. The molecule has 0 aliphatic carbocycles. The van der Waals surface area contributed by atoms with Gasteiger partial charge in [0.15, 0.2) is 0 Å². The molecule has 0 heterocycles. The van der Waals surface area contributed by atoms with Crippen molar-refractivity contribution in [2.75, 3.05) is 0 Å². The van der Waals surface area contributed by atoms with E-state index in [0.29, 0.717) is 0 Å². The number of rotatable bonds is 4. The van der Waals surface area contributed by atoms with Gasteiger partial charge in [-0.05, 0) is 0 Å². The highest BCUT2D eigenvalue weighted by Crippen LogP contribution is 1.97. The van der Waals surface area contributed by atoms with E-state index in [0.717, 1.165) is 0 Å². The number of nitriles is 2. The first-order valence-electron chi connectivity index (χ1n) is 3.30. The van der Waals surface area contributed by atoms with E-state index in [1.165, 1.54) is 12.1 Å². The molecular formula is C8H4N2O5. The van der Waals surface area contributed by atoms with Gasteiger partial charge in [-0.25, -0.2) is 9.59 Å². The summed E-state index contributed by atoms with van der Waals surface area (Å²) in [7, 11) is 0. The topological polar surface area (TPSA) is 109 Å².